The zero-order chi connectivity index (χ0) is 44.6. The van der Waals surface area contributed by atoms with Crippen LogP contribution < -0.4 is 20.9 Å². The fourth-order valence-electron chi connectivity index (χ4n) is 11.7. The molecule has 0 radical (unpaired) electrons. The first-order valence-corrected chi connectivity index (χ1v) is 23.2. The molecule has 3 N–H and O–H groups in total. The summed E-state index contributed by atoms with van der Waals surface area (Å²) in [5, 5.41) is 17.2. The summed E-state index contributed by atoms with van der Waals surface area (Å²) in [6.07, 6.45) is 12.3. The second-order valence-corrected chi connectivity index (χ2v) is 19.4. The number of aromatic nitrogens is 5. The Morgan fingerprint density at radius 3 is 2.55 bits per heavy atom. The SMILES string of the molecule is O=C1CCC(N2C(=O)c3cccc(CNC4CC5(CCN(CC[C@H]6CC[C@H](n7cc(NC(=O)c8cnn9ccc(N%10C[C@H]%11C[C@@H]%10CO%11)nc89)c(C(F)F)n7)CC6)CC5)C4)c3C2=O)C(=O)N1. The number of nitrogens with zero attached hydrogens (tertiary/aromatic N) is 8. The van der Waals surface area contributed by atoms with Crippen molar-refractivity contribution >= 4 is 46.7 Å². The van der Waals surface area contributed by atoms with Crippen molar-refractivity contribution < 1.29 is 37.5 Å². The van der Waals surface area contributed by atoms with Gasteiger partial charge in [0, 0.05) is 37.9 Å². The lowest BCUT2D eigenvalue weighted by Gasteiger charge is -2.52. The van der Waals surface area contributed by atoms with E-state index in [4.69, 9.17) is 9.72 Å². The van der Waals surface area contributed by atoms with Crippen LogP contribution in [0.25, 0.3) is 5.65 Å². The summed E-state index contributed by atoms with van der Waals surface area (Å²) in [5.74, 6) is -1.26. The number of piperidine rings is 2. The van der Waals surface area contributed by atoms with Crippen LogP contribution >= 0.6 is 0 Å². The van der Waals surface area contributed by atoms with Crippen LogP contribution in [-0.2, 0) is 20.9 Å². The van der Waals surface area contributed by atoms with Crippen LogP contribution in [0.2, 0.25) is 0 Å². The Morgan fingerprint density at radius 2 is 1.82 bits per heavy atom. The summed E-state index contributed by atoms with van der Waals surface area (Å²) >= 11 is 0. The molecule has 342 valence electrons. The smallest absolute Gasteiger partial charge is 0.284 e. The molecule has 4 saturated heterocycles. The van der Waals surface area contributed by atoms with E-state index in [1.807, 2.05) is 12.1 Å². The fourth-order valence-corrected chi connectivity index (χ4v) is 11.7. The van der Waals surface area contributed by atoms with Crippen LogP contribution in [0.1, 0.15) is 132 Å². The number of fused-ring (bicyclic) bond motifs is 4. The monoisotopic (exact) mass is 893 g/mol. The maximum Gasteiger partial charge on any atom is 0.284 e. The zero-order valence-corrected chi connectivity index (χ0v) is 36.1. The molecule has 11 rings (SSSR count). The molecule has 2 saturated carbocycles. The first-order valence-electron chi connectivity index (χ1n) is 23.2. The largest absolute Gasteiger partial charge is 0.374 e. The standard InChI is InChI=1S/C46H53F2N11O6/c47-40(48)39-34(51-42(61)33-22-50-57-15-11-36(52-41(33)57)56-23-31-18-30(56)25-65-31)24-58(54-39)29-6-4-26(5-7-29)10-14-55-16-12-46(13-17-55)19-28(20-46)49-21-27-2-1-3-32-38(27)45(64)59(44(32)63)35-8-9-37(60)53-43(35)62/h1-3,11,15,22,24,26,28-31,35,40,49H,4-10,12-14,16-21,23,25H2,(H,51,61)(H,53,60,62)/t26-,29-,30-,31-,35?/m1/s1. The molecule has 3 aromatic heterocycles. The first kappa shape index (κ1) is 42.0. The number of morpholine rings is 1. The van der Waals surface area contributed by atoms with Crippen molar-refractivity contribution in [3.05, 3.63) is 70.8 Å². The van der Waals surface area contributed by atoms with Gasteiger partial charge in [-0.2, -0.15) is 10.2 Å². The van der Waals surface area contributed by atoms with Crippen molar-refractivity contribution in [1.82, 2.24) is 44.8 Å². The molecule has 1 spiro atoms. The Morgan fingerprint density at radius 1 is 1.00 bits per heavy atom. The summed E-state index contributed by atoms with van der Waals surface area (Å²) < 4.78 is 37.5. The van der Waals surface area contributed by atoms with Crippen molar-refractivity contribution in [1.29, 1.82) is 0 Å². The van der Waals surface area contributed by atoms with Gasteiger partial charge in [0.2, 0.25) is 11.8 Å². The second-order valence-electron chi connectivity index (χ2n) is 19.4. The molecule has 2 bridgehead atoms. The van der Waals surface area contributed by atoms with Crippen molar-refractivity contribution in [3.63, 3.8) is 0 Å². The molecule has 5 amide bonds. The first-order chi connectivity index (χ1) is 31.5. The number of nitrogens with one attached hydrogen (secondary N) is 3. The number of carbonyl (C=O) groups excluding carboxylic acids is 5. The van der Waals surface area contributed by atoms with Gasteiger partial charge in [-0.05, 0) is 119 Å². The molecule has 2 aliphatic carbocycles. The fraction of sp³-hybridized carbons (Fsp3) is 0.565. The number of hydrogen-bond acceptors (Lipinski definition) is 12. The number of hydrogen-bond donors (Lipinski definition) is 3. The highest BCUT2D eigenvalue weighted by atomic mass is 19.3. The Hall–Kier alpha value is -5.66. The molecule has 1 unspecified atom stereocenters. The summed E-state index contributed by atoms with van der Waals surface area (Å²) in [6.45, 7) is 4.98. The van der Waals surface area contributed by atoms with E-state index >= 15 is 0 Å². The van der Waals surface area contributed by atoms with Crippen molar-refractivity contribution in [2.45, 2.75) is 120 Å². The highest BCUT2D eigenvalue weighted by Gasteiger charge is 2.48. The van der Waals surface area contributed by atoms with Gasteiger partial charge in [-0.25, -0.2) is 18.3 Å². The average Bonchev–Trinajstić information content (AvgIpc) is 4.15. The van der Waals surface area contributed by atoms with Crippen molar-refractivity contribution in [3.8, 4) is 0 Å². The average molecular weight is 894 g/mol. The summed E-state index contributed by atoms with van der Waals surface area (Å²) in [7, 11) is 0. The number of rotatable bonds is 12. The molecule has 4 aromatic rings. The van der Waals surface area contributed by atoms with Crippen LogP contribution in [0.15, 0.2) is 42.9 Å². The molecule has 8 heterocycles. The van der Waals surface area contributed by atoms with E-state index in [1.54, 1.807) is 29.2 Å². The third-order valence-electron chi connectivity index (χ3n) is 15.5. The molecule has 5 aliphatic heterocycles. The van der Waals surface area contributed by atoms with E-state index in [0.717, 1.165) is 107 Å². The number of carbonyl (C=O) groups is 5. The number of ether oxygens (including phenoxy) is 1. The van der Waals surface area contributed by atoms with Gasteiger partial charge >= 0.3 is 0 Å². The number of anilines is 2. The molecule has 3 atom stereocenters. The highest BCUT2D eigenvalue weighted by Crippen LogP contribution is 2.49. The van der Waals surface area contributed by atoms with Crippen molar-refractivity contribution in [2.75, 3.05) is 43.0 Å². The minimum absolute atomic E-state index is 0.00157. The predicted molar refractivity (Wildman–Crippen MR) is 230 cm³/mol. The van der Waals surface area contributed by atoms with E-state index in [1.165, 1.54) is 10.7 Å². The van der Waals surface area contributed by atoms with Gasteiger partial charge in [-0.1, -0.05) is 12.1 Å². The van der Waals surface area contributed by atoms with Gasteiger partial charge < -0.3 is 25.2 Å². The van der Waals surface area contributed by atoms with Gasteiger partial charge in [-0.15, -0.1) is 0 Å². The minimum Gasteiger partial charge on any atom is -0.374 e. The number of benzene rings is 1. The van der Waals surface area contributed by atoms with Crippen LogP contribution in [0.5, 0.6) is 0 Å². The topological polar surface area (TPSA) is 188 Å². The van der Waals surface area contributed by atoms with Gasteiger partial charge in [0.1, 0.15) is 17.4 Å². The lowest BCUT2D eigenvalue weighted by atomic mass is 9.60. The molecule has 65 heavy (non-hydrogen) atoms. The molecule has 17 nitrogen and oxygen atoms in total. The second kappa shape index (κ2) is 16.6. The summed E-state index contributed by atoms with van der Waals surface area (Å²) in [5.41, 5.74) is 1.81. The number of halogens is 2. The Balaban J connectivity index is 0.629. The highest BCUT2D eigenvalue weighted by molar-refractivity contribution is 6.24. The Kier molecular flexibility index (Phi) is 10.8. The van der Waals surface area contributed by atoms with E-state index < -0.39 is 47.7 Å². The molecule has 19 heteroatoms. The zero-order valence-electron chi connectivity index (χ0n) is 36.1. The quantitative estimate of drug-likeness (QED) is 0.167. The lowest BCUT2D eigenvalue weighted by Crippen LogP contribution is -2.54. The number of imide groups is 2. The van der Waals surface area contributed by atoms with Crippen molar-refractivity contribution in [2.24, 2.45) is 11.3 Å². The summed E-state index contributed by atoms with van der Waals surface area (Å²) in [4.78, 5) is 75.0. The minimum atomic E-state index is -2.85. The van der Waals surface area contributed by atoms with Crippen LogP contribution in [0.3, 0.4) is 0 Å². The third-order valence-corrected chi connectivity index (χ3v) is 15.5. The van der Waals surface area contributed by atoms with E-state index in [0.29, 0.717) is 47.3 Å². The Bertz CT molecular complexity index is 2560. The van der Waals surface area contributed by atoms with E-state index in [9.17, 15) is 32.8 Å². The molecule has 6 fully saturated rings. The van der Waals surface area contributed by atoms with E-state index in [-0.39, 0.29) is 42.3 Å². The molecule has 1 aromatic carbocycles. The maximum atomic E-state index is 14.3. The summed E-state index contributed by atoms with van der Waals surface area (Å²) in [6, 6.07) is 6.67. The molecule has 7 aliphatic rings. The number of alkyl halides is 2. The number of amides is 5. The number of likely N-dealkylation sites (tertiary alicyclic amines) is 1. The van der Waals surface area contributed by atoms with Gasteiger partial charge in [-0.3, -0.25) is 38.9 Å². The van der Waals surface area contributed by atoms with Crippen LogP contribution in [0.4, 0.5) is 20.3 Å². The van der Waals surface area contributed by atoms with Gasteiger partial charge in [0.25, 0.3) is 24.1 Å². The lowest BCUT2D eigenvalue weighted by molar-refractivity contribution is -0.136. The van der Waals surface area contributed by atoms with Gasteiger partial charge in [0.15, 0.2) is 11.3 Å². The van der Waals surface area contributed by atoms with Crippen LogP contribution in [0, 0.1) is 11.3 Å². The molecular formula is C46H53F2N11O6. The van der Waals surface area contributed by atoms with Gasteiger partial charge in [0.05, 0.1) is 47.8 Å². The Labute approximate surface area is 373 Å². The van der Waals surface area contributed by atoms with E-state index in [2.05, 4.69) is 35.9 Å². The predicted octanol–water partition coefficient (Wildman–Crippen LogP) is 4.65. The maximum absolute atomic E-state index is 14.3. The van der Waals surface area contributed by atoms with Crippen LogP contribution in [-0.4, -0.2) is 121 Å². The third kappa shape index (κ3) is 7.77. The molecular weight excluding hydrogens is 841 g/mol. The normalized spacial score (nSPS) is 26.7.